The molecule has 3 heteroatoms. The first kappa shape index (κ1) is 10.5. The third-order valence-electron chi connectivity index (χ3n) is 2.95. The van der Waals surface area contributed by atoms with Crippen LogP contribution in [-0.2, 0) is 6.42 Å². The molecule has 0 bridgehead atoms. The highest BCUT2D eigenvalue weighted by Gasteiger charge is 2.40. The summed E-state index contributed by atoms with van der Waals surface area (Å²) >= 11 is 9.41. The average molecular weight is 275 g/mol. The molecule has 0 aromatic heterocycles. The normalized spacial score (nSPS) is 18.2. The van der Waals surface area contributed by atoms with E-state index in [-0.39, 0.29) is 0 Å². The highest BCUT2D eigenvalue weighted by molar-refractivity contribution is 9.10. The van der Waals surface area contributed by atoms with Gasteiger partial charge in [0.2, 0.25) is 0 Å². The van der Waals surface area contributed by atoms with Crippen LogP contribution in [0, 0.1) is 5.41 Å². The van der Waals surface area contributed by atoms with E-state index in [0.29, 0.717) is 5.41 Å². The molecule has 0 saturated heterocycles. The summed E-state index contributed by atoms with van der Waals surface area (Å²) in [5, 5.41) is 0.787. The van der Waals surface area contributed by atoms with Crippen LogP contribution in [0.15, 0.2) is 22.7 Å². The molecule has 0 heterocycles. The van der Waals surface area contributed by atoms with Crippen molar-refractivity contribution in [2.75, 3.05) is 6.54 Å². The fourth-order valence-corrected chi connectivity index (χ4v) is 2.16. The van der Waals surface area contributed by atoms with E-state index in [0.717, 1.165) is 22.5 Å². The third-order valence-corrected chi connectivity index (χ3v) is 4.19. The van der Waals surface area contributed by atoms with Crippen LogP contribution in [0.25, 0.3) is 0 Å². The maximum atomic E-state index is 6.03. The fraction of sp³-hybridized carbons (Fsp3) is 0.455. The molecule has 1 aromatic rings. The van der Waals surface area contributed by atoms with Crippen LogP contribution in [0.2, 0.25) is 5.02 Å². The van der Waals surface area contributed by atoms with Gasteiger partial charge in [-0.15, -0.1) is 0 Å². The first-order chi connectivity index (χ1) is 6.65. The molecule has 14 heavy (non-hydrogen) atoms. The van der Waals surface area contributed by atoms with Gasteiger partial charge in [-0.2, -0.15) is 0 Å². The van der Waals surface area contributed by atoms with Crippen LogP contribution in [0.3, 0.4) is 0 Å². The molecular weight excluding hydrogens is 261 g/mol. The molecule has 76 valence electrons. The van der Waals surface area contributed by atoms with Crippen LogP contribution < -0.4 is 5.73 Å². The topological polar surface area (TPSA) is 26.0 Å². The fourth-order valence-electron chi connectivity index (χ4n) is 1.71. The Labute approximate surface area is 97.8 Å². The van der Waals surface area contributed by atoms with Crippen molar-refractivity contribution in [1.82, 2.24) is 0 Å². The Kier molecular flexibility index (Phi) is 2.87. The Bertz CT molecular complexity index is 347. The predicted molar refractivity (Wildman–Crippen MR) is 63.6 cm³/mol. The molecule has 0 aliphatic heterocycles. The van der Waals surface area contributed by atoms with Gasteiger partial charge in [-0.1, -0.05) is 17.7 Å². The summed E-state index contributed by atoms with van der Waals surface area (Å²) in [5.41, 5.74) is 7.42. The van der Waals surface area contributed by atoms with Crippen molar-refractivity contribution >= 4 is 27.5 Å². The molecule has 2 N–H and O–H groups in total. The maximum Gasteiger partial charge on any atom is 0.0550 e. The molecule has 1 saturated carbocycles. The molecule has 0 amide bonds. The Morgan fingerprint density at radius 3 is 2.64 bits per heavy atom. The summed E-state index contributed by atoms with van der Waals surface area (Å²) in [6.07, 6.45) is 3.59. The molecule has 0 atom stereocenters. The van der Waals surface area contributed by atoms with Crippen LogP contribution >= 0.6 is 27.5 Å². The monoisotopic (exact) mass is 273 g/mol. The van der Waals surface area contributed by atoms with Crippen LogP contribution in [-0.4, -0.2) is 6.54 Å². The SMILES string of the molecule is NCC1(Cc2ccc(Br)c(Cl)c2)CC1. The van der Waals surface area contributed by atoms with E-state index in [2.05, 4.69) is 22.0 Å². The van der Waals surface area contributed by atoms with Crippen molar-refractivity contribution in [3.8, 4) is 0 Å². The Morgan fingerprint density at radius 1 is 1.43 bits per heavy atom. The first-order valence-corrected chi connectivity index (χ1v) is 5.96. The molecule has 1 nitrogen and oxygen atoms in total. The minimum absolute atomic E-state index is 0.386. The molecule has 1 fully saturated rings. The van der Waals surface area contributed by atoms with Gasteiger partial charge in [0.25, 0.3) is 0 Å². The number of nitrogens with two attached hydrogens (primary N) is 1. The Hall–Kier alpha value is -0.0500. The number of halogens is 2. The van der Waals surface area contributed by atoms with Gasteiger partial charge < -0.3 is 5.73 Å². The van der Waals surface area contributed by atoms with Crippen molar-refractivity contribution < 1.29 is 0 Å². The zero-order valence-electron chi connectivity index (χ0n) is 7.89. The summed E-state index contributed by atoms with van der Waals surface area (Å²) in [6.45, 7) is 0.792. The van der Waals surface area contributed by atoms with Crippen molar-refractivity contribution in [3.63, 3.8) is 0 Å². The first-order valence-electron chi connectivity index (χ1n) is 4.79. The van der Waals surface area contributed by atoms with E-state index in [1.165, 1.54) is 18.4 Å². The molecule has 2 rings (SSSR count). The largest absolute Gasteiger partial charge is 0.330 e. The summed E-state index contributed by atoms with van der Waals surface area (Å²) in [7, 11) is 0. The van der Waals surface area contributed by atoms with E-state index in [1.54, 1.807) is 0 Å². The van der Waals surface area contributed by atoms with E-state index < -0.39 is 0 Å². The number of rotatable bonds is 3. The van der Waals surface area contributed by atoms with E-state index in [9.17, 15) is 0 Å². The van der Waals surface area contributed by atoms with Gasteiger partial charge in [0, 0.05) is 4.47 Å². The smallest absolute Gasteiger partial charge is 0.0550 e. The number of hydrogen-bond donors (Lipinski definition) is 1. The zero-order chi connectivity index (χ0) is 10.2. The Morgan fingerprint density at radius 2 is 2.14 bits per heavy atom. The van der Waals surface area contributed by atoms with Gasteiger partial charge in [0.1, 0.15) is 0 Å². The third kappa shape index (κ3) is 2.13. The van der Waals surface area contributed by atoms with Gasteiger partial charge in [-0.25, -0.2) is 0 Å². The molecule has 0 unspecified atom stereocenters. The van der Waals surface area contributed by atoms with Crippen molar-refractivity contribution in [2.24, 2.45) is 11.1 Å². The highest BCUT2D eigenvalue weighted by atomic mass is 79.9. The molecule has 0 radical (unpaired) electrons. The van der Waals surface area contributed by atoms with Crippen molar-refractivity contribution in [2.45, 2.75) is 19.3 Å². The second-order valence-corrected chi connectivity index (χ2v) is 5.39. The lowest BCUT2D eigenvalue weighted by molar-refractivity contribution is 0.521. The van der Waals surface area contributed by atoms with Crippen LogP contribution in [0.5, 0.6) is 0 Å². The minimum atomic E-state index is 0.386. The van der Waals surface area contributed by atoms with Crippen molar-refractivity contribution in [1.29, 1.82) is 0 Å². The molecule has 1 aliphatic rings. The summed E-state index contributed by atoms with van der Waals surface area (Å²) < 4.78 is 0.959. The van der Waals surface area contributed by atoms with Gasteiger partial charge in [0.15, 0.2) is 0 Å². The van der Waals surface area contributed by atoms with Gasteiger partial charge >= 0.3 is 0 Å². The van der Waals surface area contributed by atoms with Gasteiger partial charge in [-0.05, 0) is 64.8 Å². The minimum Gasteiger partial charge on any atom is -0.330 e. The van der Waals surface area contributed by atoms with E-state index in [1.807, 2.05) is 12.1 Å². The maximum absolute atomic E-state index is 6.03. The standard InChI is InChI=1S/C11H13BrClN/c12-9-2-1-8(5-10(9)13)6-11(7-14)3-4-11/h1-2,5H,3-4,6-7,14H2. The quantitative estimate of drug-likeness (QED) is 0.898. The highest BCUT2D eigenvalue weighted by Crippen LogP contribution is 2.47. The van der Waals surface area contributed by atoms with Gasteiger partial charge in [-0.3, -0.25) is 0 Å². The van der Waals surface area contributed by atoms with Crippen LogP contribution in [0.1, 0.15) is 18.4 Å². The second-order valence-electron chi connectivity index (χ2n) is 4.13. The summed E-state index contributed by atoms with van der Waals surface area (Å²) in [5.74, 6) is 0. The lowest BCUT2D eigenvalue weighted by Crippen LogP contribution is -2.17. The van der Waals surface area contributed by atoms with Crippen LogP contribution in [0.4, 0.5) is 0 Å². The number of hydrogen-bond acceptors (Lipinski definition) is 1. The molecule has 1 aromatic carbocycles. The summed E-state index contributed by atoms with van der Waals surface area (Å²) in [4.78, 5) is 0. The number of benzene rings is 1. The summed E-state index contributed by atoms with van der Waals surface area (Å²) in [6, 6.07) is 6.15. The lowest BCUT2D eigenvalue weighted by Gasteiger charge is -2.12. The van der Waals surface area contributed by atoms with E-state index in [4.69, 9.17) is 17.3 Å². The zero-order valence-corrected chi connectivity index (χ0v) is 10.2. The second kappa shape index (κ2) is 3.84. The molecular formula is C11H13BrClN. The Balaban J connectivity index is 2.14. The molecule has 0 spiro atoms. The molecule has 1 aliphatic carbocycles. The predicted octanol–water partition coefficient (Wildman–Crippen LogP) is 3.38. The van der Waals surface area contributed by atoms with Gasteiger partial charge in [0.05, 0.1) is 5.02 Å². The average Bonchev–Trinajstić information content (AvgIpc) is 2.93. The van der Waals surface area contributed by atoms with Crippen molar-refractivity contribution in [3.05, 3.63) is 33.3 Å². The lowest BCUT2D eigenvalue weighted by atomic mass is 9.97. The van der Waals surface area contributed by atoms with E-state index >= 15 is 0 Å².